The van der Waals surface area contributed by atoms with Gasteiger partial charge < -0.3 is 10.4 Å². The first-order valence-corrected chi connectivity index (χ1v) is 6.34. The third-order valence-electron chi connectivity index (χ3n) is 2.74. The lowest BCUT2D eigenvalue weighted by molar-refractivity contribution is 0.0932. The number of hydrogen-bond donors (Lipinski definition) is 2. The molecule has 0 aliphatic heterocycles. The minimum absolute atomic E-state index is 0.0485. The van der Waals surface area contributed by atoms with Crippen molar-refractivity contribution < 1.29 is 9.90 Å². The highest BCUT2D eigenvalue weighted by Crippen LogP contribution is 2.21. The van der Waals surface area contributed by atoms with Gasteiger partial charge in [0.2, 0.25) is 0 Å². The van der Waals surface area contributed by atoms with Gasteiger partial charge in [-0.05, 0) is 30.4 Å². The fourth-order valence-corrected chi connectivity index (χ4v) is 1.82. The van der Waals surface area contributed by atoms with E-state index in [1.807, 2.05) is 13.8 Å². The number of nitrogens with zero attached hydrogens (tertiary/aromatic N) is 1. The number of rotatable bonds is 6. The quantitative estimate of drug-likeness (QED) is 0.780. The summed E-state index contributed by atoms with van der Waals surface area (Å²) in [7, 11) is 0. The normalized spacial score (nSPS) is 11.3. The van der Waals surface area contributed by atoms with E-state index in [9.17, 15) is 4.79 Å². The van der Waals surface area contributed by atoms with E-state index in [4.69, 9.17) is 16.7 Å². The molecule has 1 amide bonds. The molecular weight excluding hydrogens is 252 g/mol. The number of aliphatic hydroxyl groups excluding tert-OH is 1. The number of hydrogen-bond acceptors (Lipinski definition) is 3. The van der Waals surface area contributed by atoms with Gasteiger partial charge in [-0.2, -0.15) is 0 Å². The molecule has 4 nitrogen and oxygen atoms in total. The summed E-state index contributed by atoms with van der Waals surface area (Å²) in [6.07, 6.45) is 3.13. The van der Waals surface area contributed by atoms with Crippen molar-refractivity contribution in [2.45, 2.75) is 26.7 Å². The zero-order valence-electron chi connectivity index (χ0n) is 10.7. The topological polar surface area (TPSA) is 62.2 Å². The Kier molecular flexibility index (Phi) is 5.56. The van der Waals surface area contributed by atoms with E-state index in [1.165, 1.54) is 0 Å². The van der Waals surface area contributed by atoms with E-state index in [0.717, 1.165) is 12.8 Å². The van der Waals surface area contributed by atoms with Crippen LogP contribution < -0.4 is 5.32 Å². The Labute approximate surface area is 112 Å². The lowest BCUT2D eigenvalue weighted by Crippen LogP contribution is -2.34. The van der Waals surface area contributed by atoms with Crippen LogP contribution in [0.15, 0.2) is 18.3 Å². The van der Waals surface area contributed by atoms with Gasteiger partial charge in [-0.15, -0.1) is 0 Å². The number of carbonyl (C=O) groups excluding carboxylic acids is 1. The number of aliphatic hydroxyl groups is 1. The molecule has 0 radical (unpaired) electrons. The van der Waals surface area contributed by atoms with Crippen LogP contribution in [0.5, 0.6) is 0 Å². The van der Waals surface area contributed by atoms with Crippen molar-refractivity contribution in [1.29, 1.82) is 0 Å². The Balaban J connectivity index is 2.54. The molecular formula is C13H19ClN2O2. The SMILES string of the molecule is CC(C)(CCCO)CNC(=O)c1cccnc1Cl. The summed E-state index contributed by atoms with van der Waals surface area (Å²) in [5.74, 6) is -0.217. The zero-order chi connectivity index (χ0) is 13.6. The molecule has 0 aliphatic carbocycles. The molecule has 0 bridgehead atoms. The third-order valence-corrected chi connectivity index (χ3v) is 3.04. The highest BCUT2D eigenvalue weighted by Gasteiger charge is 2.19. The van der Waals surface area contributed by atoms with E-state index >= 15 is 0 Å². The fourth-order valence-electron chi connectivity index (χ4n) is 1.62. The van der Waals surface area contributed by atoms with Crippen molar-refractivity contribution in [1.82, 2.24) is 10.3 Å². The summed E-state index contributed by atoms with van der Waals surface area (Å²) >= 11 is 5.85. The first-order valence-electron chi connectivity index (χ1n) is 5.96. The second kappa shape index (κ2) is 6.71. The molecule has 1 aromatic rings. The zero-order valence-corrected chi connectivity index (χ0v) is 11.5. The largest absolute Gasteiger partial charge is 0.396 e. The molecule has 1 heterocycles. The first-order chi connectivity index (χ1) is 8.46. The van der Waals surface area contributed by atoms with Crippen molar-refractivity contribution in [3.63, 3.8) is 0 Å². The van der Waals surface area contributed by atoms with Crippen molar-refractivity contribution in [2.24, 2.45) is 5.41 Å². The van der Waals surface area contributed by atoms with Gasteiger partial charge in [-0.3, -0.25) is 4.79 Å². The molecule has 1 rings (SSSR count). The molecule has 100 valence electrons. The molecule has 0 unspecified atom stereocenters. The predicted molar refractivity (Wildman–Crippen MR) is 71.7 cm³/mol. The predicted octanol–water partition coefficient (Wildman–Crippen LogP) is 2.26. The molecule has 0 saturated carbocycles. The Bertz CT molecular complexity index is 408. The molecule has 0 spiro atoms. The molecule has 0 saturated heterocycles. The molecule has 1 aromatic heterocycles. The van der Waals surface area contributed by atoms with Crippen LogP contribution in [-0.4, -0.2) is 29.1 Å². The Hall–Kier alpha value is -1.13. The molecule has 2 N–H and O–H groups in total. The lowest BCUT2D eigenvalue weighted by Gasteiger charge is -2.24. The summed E-state index contributed by atoms with van der Waals surface area (Å²) < 4.78 is 0. The average Bonchev–Trinajstić information content (AvgIpc) is 2.34. The van der Waals surface area contributed by atoms with Crippen LogP contribution in [0.1, 0.15) is 37.0 Å². The van der Waals surface area contributed by atoms with Crippen molar-refractivity contribution in [3.05, 3.63) is 29.0 Å². The molecule has 0 aliphatic rings. The van der Waals surface area contributed by atoms with Crippen LogP contribution in [-0.2, 0) is 0 Å². The van der Waals surface area contributed by atoms with E-state index in [-0.39, 0.29) is 23.1 Å². The molecule has 0 atom stereocenters. The monoisotopic (exact) mass is 270 g/mol. The maximum atomic E-state index is 11.9. The molecule has 0 aromatic carbocycles. The van der Waals surface area contributed by atoms with Gasteiger partial charge in [0.05, 0.1) is 5.56 Å². The van der Waals surface area contributed by atoms with Crippen LogP contribution >= 0.6 is 11.6 Å². The van der Waals surface area contributed by atoms with Crippen LogP contribution in [0.4, 0.5) is 0 Å². The first kappa shape index (κ1) is 14.9. The molecule has 0 fully saturated rings. The van der Waals surface area contributed by atoms with Crippen molar-refractivity contribution in [3.8, 4) is 0 Å². The lowest BCUT2D eigenvalue weighted by atomic mass is 9.88. The highest BCUT2D eigenvalue weighted by atomic mass is 35.5. The highest BCUT2D eigenvalue weighted by molar-refractivity contribution is 6.32. The van der Waals surface area contributed by atoms with E-state index in [2.05, 4.69) is 10.3 Å². The van der Waals surface area contributed by atoms with Crippen LogP contribution in [0.3, 0.4) is 0 Å². The maximum absolute atomic E-state index is 11.9. The summed E-state index contributed by atoms with van der Waals surface area (Å²) in [5.41, 5.74) is 0.338. The summed E-state index contributed by atoms with van der Waals surface area (Å²) in [5, 5.41) is 11.9. The van der Waals surface area contributed by atoms with Crippen LogP contribution in [0, 0.1) is 5.41 Å². The van der Waals surface area contributed by atoms with Crippen molar-refractivity contribution >= 4 is 17.5 Å². The molecule has 5 heteroatoms. The number of aromatic nitrogens is 1. The van der Waals surface area contributed by atoms with Crippen molar-refractivity contribution in [2.75, 3.05) is 13.2 Å². The Morgan fingerprint density at radius 3 is 2.89 bits per heavy atom. The van der Waals surface area contributed by atoms with E-state index in [0.29, 0.717) is 12.1 Å². The van der Waals surface area contributed by atoms with E-state index < -0.39 is 0 Å². The number of nitrogens with one attached hydrogen (secondary N) is 1. The maximum Gasteiger partial charge on any atom is 0.254 e. The minimum Gasteiger partial charge on any atom is -0.396 e. The van der Waals surface area contributed by atoms with Crippen LogP contribution in [0.2, 0.25) is 5.15 Å². The minimum atomic E-state index is -0.217. The van der Waals surface area contributed by atoms with Gasteiger partial charge in [0.25, 0.3) is 5.91 Å². The van der Waals surface area contributed by atoms with E-state index in [1.54, 1.807) is 18.3 Å². The fraction of sp³-hybridized carbons (Fsp3) is 0.538. The summed E-state index contributed by atoms with van der Waals surface area (Å²) in [6, 6.07) is 3.32. The number of carbonyl (C=O) groups is 1. The second-order valence-corrected chi connectivity index (χ2v) is 5.37. The smallest absolute Gasteiger partial charge is 0.254 e. The van der Waals surface area contributed by atoms with Gasteiger partial charge in [-0.25, -0.2) is 4.98 Å². The number of amides is 1. The van der Waals surface area contributed by atoms with Crippen LogP contribution in [0.25, 0.3) is 0 Å². The summed E-state index contributed by atoms with van der Waals surface area (Å²) in [4.78, 5) is 15.8. The second-order valence-electron chi connectivity index (χ2n) is 5.02. The van der Waals surface area contributed by atoms with Gasteiger partial charge in [0.15, 0.2) is 0 Å². The summed E-state index contributed by atoms with van der Waals surface area (Å²) in [6.45, 7) is 4.81. The van der Waals surface area contributed by atoms with Gasteiger partial charge in [0, 0.05) is 19.3 Å². The Morgan fingerprint density at radius 2 is 2.28 bits per heavy atom. The molecule has 18 heavy (non-hydrogen) atoms. The number of pyridine rings is 1. The standard InChI is InChI=1S/C13H19ClN2O2/c1-13(2,6-4-8-17)9-16-12(18)10-5-3-7-15-11(10)14/h3,5,7,17H,4,6,8-9H2,1-2H3,(H,16,18). The number of halogens is 1. The van der Waals surface area contributed by atoms with Gasteiger partial charge >= 0.3 is 0 Å². The van der Waals surface area contributed by atoms with Gasteiger partial charge in [0.1, 0.15) is 5.15 Å². The Morgan fingerprint density at radius 1 is 1.56 bits per heavy atom. The average molecular weight is 271 g/mol. The third kappa shape index (κ3) is 4.63. The van der Waals surface area contributed by atoms with Gasteiger partial charge in [-0.1, -0.05) is 25.4 Å².